The van der Waals surface area contributed by atoms with Crippen molar-refractivity contribution in [1.29, 1.82) is 0 Å². The molecule has 0 aromatic heterocycles. The summed E-state index contributed by atoms with van der Waals surface area (Å²) in [5.74, 6) is 1.10. The molecule has 2 N–H and O–H groups in total. The Balaban J connectivity index is 1.87. The minimum atomic E-state index is -3.38. The first kappa shape index (κ1) is 20.6. The van der Waals surface area contributed by atoms with Crippen LogP contribution in [0.5, 0.6) is 11.5 Å². The minimum Gasteiger partial charge on any atom is -0.493 e. The first-order valence-corrected chi connectivity index (χ1v) is 10.3. The summed E-state index contributed by atoms with van der Waals surface area (Å²) in [7, 11) is -0.200. The van der Waals surface area contributed by atoms with Crippen molar-refractivity contribution in [2.24, 2.45) is 0 Å². The molecule has 1 amide bonds. The normalized spacial score (nSPS) is 10.9. The molecule has 27 heavy (non-hydrogen) atoms. The predicted molar refractivity (Wildman–Crippen MR) is 105 cm³/mol. The summed E-state index contributed by atoms with van der Waals surface area (Å²) in [6.07, 6.45) is 2.59. The van der Waals surface area contributed by atoms with E-state index in [4.69, 9.17) is 9.47 Å². The monoisotopic (exact) mass is 392 g/mol. The van der Waals surface area contributed by atoms with Crippen LogP contribution in [-0.4, -0.2) is 41.3 Å². The third kappa shape index (κ3) is 6.49. The van der Waals surface area contributed by atoms with E-state index in [2.05, 4.69) is 10.0 Å². The quantitative estimate of drug-likeness (QED) is 0.639. The number of benzene rings is 2. The van der Waals surface area contributed by atoms with Crippen molar-refractivity contribution in [3.8, 4) is 11.5 Å². The Kier molecular flexibility index (Phi) is 7.06. The van der Waals surface area contributed by atoms with Crippen molar-refractivity contribution >= 4 is 21.6 Å². The van der Waals surface area contributed by atoms with Gasteiger partial charge in [0.2, 0.25) is 10.0 Å². The lowest BCUT2D eigenvalue weighted by Gasteiger charge is -2.10. The van der Waals surface area contributed by atoms with Gasteiger partial charge in [0, 0.05) is 17.8 Å². The number of hydrogen-bond donors (Lipinski definition) is 2. The Morgan fingerprint density at radius 2 is 1.78 bits per heavy atom. The molecular weight excluding hydrogens is 368 g/mol. The van der Waals surface area contributed by atoms with Gasteiger partial charge in [-0.3, -0.25) is 9.52 Å². The lowest BCUT2D eigenvalue weighted by Crippen LogP contribution is -2.25. The van der Waals surface area contributed by atoms with Crippen LogP contribution in [-0.2, 0) is 16.4 Å². The van der Waals surface area contributed by atoms with Crippen LogP contribution in [0.15, 0.2) is 42.5 Å². The number of ether oxygens (including phenoxy) is 2. The van der Waals surface area contributed by atoms with Crippen molar-refractivity contribution in [2.75, 3.05) is 31.7 Å². The summed E-state index contributed by atoms with van der Waals surface area (Å²) >= 11 is 0. The molecule has 2 rings (SSSR count). The molecule has 146 valence electrons. The lowest BCUT2D eigenvalue weighted by molar-refractivity contribution is 0.0953. The number of carbonyl (C=O) groups excluding carboxylic acids is 1. The molecule has 0 unspecified atom stereocenters. The summed E-state index contributed by atoms with van der Waals surface area (Å²) in [6.45, 7) is 0.497. The van der Waals surface area contributed by atoms with Crippen LogP contribution < -0.4 is 19.5 Å². The number of amides is 1. The fraction of sp³-hybridized carbons (Fsp3) is 0.316. The Hall–Kier alpha value is -2.74. The summed E-state index contributed by atoms with van der Waals surface area (Å²) in [4.78, 5) is 12.2. The van der Waals surface area contributed by atoms with E-state index >= 15 is 0 Å². The molecule has 0 fully saturated rings. The van der Waals surface area contributed by atoms with E-state index in [-0.39, 0.29) is 5.91 Å². The van der Waals surface area contributed by atoms with Gasteiger partial charge in [-0.15, -0.1) is 0 Å². The molecule has 0 saturated carbocycles. The maximum Gasteiger partial charge on any atom is 0.251 e. The van der Waals surface area contributed by atoms with Gasteiger partial charge in [0.1, 0.15) is 0 Å². The van der Waals surface area contributed by atoms with Crippen molar-refractivity contribution in [3.05, 3.63) is 53.6 Å². The van der Waals surface area contributed by atoms with Crippen LogP contribution in [0.2, 0.25) is 0 Å². The van der Waals surface area contributed by atoms with Gasteiger partial charge in [-0.1, -0.05) is 12.1 Å². The van der Waals surface area contributed by atoms with Crippen molar-refractivity contribution in [1.82, 2.24) is 5.32 Å². The zero-order valence-electron chi connectivity index (χ0n) is 15.6. The van der Waals surface area contributed by atoms with Gasteiger partial charge in [-0.05, 0) is 48.7 Å². The van der Waals surface area contributed by atoms with Gasteiger partial charge in [-0.25, -0.2) is 8.42 Å². The Morgan fingerprint density at radius 1 is 1.04 bits per heavy atom. The Morgan fingerprint density at radius 3 is 2.44 bits per heavy atom. The summed E-state index contributed by atoms with van der Waals surface area (Å²) in [5, 5.41) is 2.84. The molecule has 0 aliphatic heterocycles. The molecule has 0 atom stereocenters. The van der Waals surface area contributed by atoms with Gasteiger partial charge < -0.3 is 14.8 Å². The molecule has 0 radical (unpaired) electrons. The summed E-state index contributed by atoms with van der Waals surface area (Å²) in [6, 6.07) is 12.1. The first-order chi connectivity index (χ1) is 12.8. The number of carbonyl (C=O) groups is 1. The van der Waals surface area contributed by atoms with Crippen LogP contribution in [0.25, 0.3) is 0 Å². The molecule has 2 aromatic carbocycles. The predicted octanol–water partition coefficient (Wildman–Crippen LogP) is 2.44. The second-order valence-corrected chi connectivity index (χ2v) is 7.75. The average molecular weight is 392 g/mol. The van der Waals surface area contributed by atoms with Gasteiger partial charge in [0.15, 0.2) is 11.5 Å². The molecule has 2 aromatic rings. The van der Waals surface area contributed by atoms with Crippen molar-refractivity contribution in [3.63, 3.8) is 0 Å². The van der Waals surface area contributed by atoms with Crippen LogP contribution in [0, 0.1) is 0 Å². The zero-order chi connectivity index (χ0) is 19.9. The van der Waals surface area contributed by atoms with E-state index in [9.17, 15) is 13.2 Å². The summed E-state index contributed by atoms with van der Waals surface area (Å²) < 4.78 is 35.4. The number of methoxy groups -OCH3 is 2. The fourth-order valence-electron chi connectivity index (χ4n) is 2.57. The van der Waals surface area contributed by atoms with Gasteiger partial charge in [0.05, 0.1) is 20.5 Å². The molecule has 0 bridgehead atoms. The molecule has 7 nitrogen and oxygen atoms in total. The molecule has 0 aliphatic rings. The van der Waals surface area contributed by atoms with Gasteiger partial charge in [0.25, 0.3) is 5.91 Å². The topological polar surface area (TPSA) is 93.7 Å². The molecule has 0 spiro atoms. The molecule has 0 aliphatic carbocycles. The van der Waals surface area contributed by atoms with E-state index in [1.807, 2.05) is 18.2 Å². The Bertz CT molecular complexity index is 897. The number of aryl methyl sites for hydroxylation is 1. The number of hydrogen-bond acceptors (Lipinski definition) is 5. The van der Waals surface area contributed by atoms with E-state index in [1.165, 1.54) is 6.07 Å². The maximum atomic E-state index is 12.2. The molecule has 0 saturated heterocycles. The van der Waals surface area contributed by atoms with E-state index in [0.29, 0.717) is 29.3 Å². The van der Waals surface area contributed by atoms with Crippen LogP contribution >= 0.6 is 0 Å². The van der Waals surface area contributed by atoms with Crippen LogP contribution in [0.1, 0.15) is 22.3 Å². The van der Waals surface area contributed by atoms with E-state index in [0.717, 1.165) is 24.7 Å². The largest absolute Gasteiger partial charge is 0.493 e. The van der Waals surface area contributed by atoms with Gasteiger partial charge in [-0.2, -0.15) is 0 Å². The minimum absolute atomic E-state index is 0.250. The second kappa shape index (κ2) is 9.27. The SMILES string of the molecule is COc1ccc(CCCNC(=O)c2cccc(NS(C)(=O)=O)c2)cc1OC. The highest BCUT2D eigenvalue weighted by atomic mass is 32.2. The third-order valence-corrected chi connectivity index (χ3v) is 4.41. The molecule has 8 heteroatoms. The number of sulfonamides is 1. The zero-order valence-corrected chi connectivity index (χ0v) is 16.4. The highest BCUT2D eigenvalue weighted by molar-refractivity contribution is 7.92. The van der Waals surface area contributed by atoms with Crippen molar-refractivity contribution in [2.45, 2.75) is 12.8 Å². The highest BCUT2D eigenvalue weighted by Gasteiger charge is 2.08. The fourth-order valence-corrected chi connectivity index (χ4v) is 3.13. The van der Waals surface area contributed by atoms with E-state index < -0.39 is 10.0 Å². The van der Waals surface area contributed by atoms with Crippen LogP contribution in [0.4, 0.5) is 5.69 Å². The average Bonchev–Trinajstić information content (AvgIpc) is 2.63. The second-order valence-electron chi connectivity index (χ2n) is 6.00. The smallest absolute Gasteiger partial charge is 0.251 e. The lowest BCUT2D eigenvalue weighted by atomic mass is 10.1. The summed E-state index contributed by atoms with van der Waals surface area (Å²) in [5.41, 5.74) is 1.84. The number of rotatable bonds is 9. The number of nitrogens with one attached hydrogen (secondary N) is 2. The highest BCUT2D eigenvalue weighted by Crippen LogP contribution is 2.27. The first-order valence-electron chi connectivity index (χ1n) is 8.39. The maximum absolute atomic E-state index is 12.2. The Labute approximate surface area is 159 Å². The third-order valence-electron chi connectivity index (χ3n) is 3.80. The van der Waals surface area contributed by atoms with Crippen molar-refractivity contribution < 1.29 is 22.7 Å². The van der Waals surface area contributed by atoms with Crippen LogP contribution in [0.3, 0.4) is 0 Å². The molecule has 0 heterocycles. The van der Waals surface area contributed by atoms with E-state index in [1.54, 1.807) is 32.4 Å². The molecular formula is C19H24N2O5S. The standard InChI is InChI=1S/C19H24N2O5S/c1-25-17-10-9-14(12-18(17)26-2)6-5-11-20-19(22)15-7-4-8-16(13-15)21-27(3,23)24/h4,7-10,12-13,21H,5-6,11H2,1-3H3,(H,20,22). The van der Waals surface area contributed by atoms with Gasteiger partial charge >= 0.3 is 0 Å². The number of anilines is 1.